The van der Waals surface area contributed by atoms with Crippen molar-refractivity contribution in [2.45, 2.75) is 6.54 Å². The second kappa shape index (κ2) is 3.80. The maximum atomic E-state index is 5.27. The number of imidazole rings is 1. The van der Waals surface area contributed by atoms with Crippen molar-refractivity contribution in [3.05, 3.63) is 42.7 Å². The molecule has 0 bridgehead atoms. The standard InChI is InChI=1S/C12H10N2/c1-2-9-14-10-8-13-12(14)11-6-4-3-5-7-11/h1,3-8,10H,9H2. The van der Waals surface area contributed by atoms with E-state index in [1.807, 2.05) is 41.1 Å². The van der Waals surface area contributed by atoms with Gasteiger partial charge in [0.1, 0.15) is 5.82 Å². The van der Waals surface area contributed by atoms with E-state index in [9.17, 15) is 0 Å². The molecule has 0 aliphatic heterocycles. The number of terminal acetylenes is 1. The minimum absolute atomic E-state index is 0.560. The van der Waals surface area contributed by atoms with Gasteiger partial charge in [0.15, 0.2) is 0 Å². The van der Waals surface area contributed by atoms with E-state index in [4.69, 9.17) is 6.42 Å². The third-order valence-electron chi connectivity index (χ3n) is 2.01. The summed E-state index contributed by atoms with van der Waals surface area (Å²) in [5, 5.41) is 0. The SMILES string of the molecule is C#CCn1ccnc1-c1ccccc1. The first-order valence-corrected chi connectivity index (χ1v) is 4.42. The van der Waals surface area contributed by atoms with Gasteiger partial charge in [-0.15, -0.1) is 6.42 Å². The second-order valence-corrected chi connectivity index (χ2v) is 2.95. The van der Waals surface area contributed by atoms with Crippen molar-refractivity contribution in [1.29, 1.82) is 0 Å². The first kappa shape index (κ1) is 8.58. The van der Waals surface area contributed by atoms with Crippen LogP contribution in [0.3, 0.4) is 0 Å². The number of nitrogens with zero attached hydrogens (tertiary/aromatic N) is 2. The summed E-state index contributed by atoms with van der Waals surface area (Å²) >= 11 is 0. The molecule has 0 atom stereocenters. The lowest BCUT2D eigenvalue weighted by Crippen LogP contribution is -1.96. The molecular weight excluding hydrogens is 172 g/mol. The first-order chi connectivity index (χ1) is 6.92. The molecule has 0 aliphatic carbocycles. The van der Waals surface area contributed by atoms with Gasteiger partial charge < -0.3 is 4.57 Å². The molecule has 1 aromatic carbocycles. The van der Waals surface area contributed by atoms with Crippen LogP contribution in [0.1, 0.15) is 0 Å². The molecule has 0 amide bonds. The van der Waals surface area contributed by atoms with E-state index in [-0.39, 0.29) is 0 Å². The highest BCUT2D eigenvalue weighted by atomic mass is 15.1. The maximum absolute atomic E-state index is 5.27. The predicted octanol–water partition coefficient (Wildman–Crippen LogP) is 2.18. The zero-order valence-corrected chi connectivity index (χ0v) is 7.72. The molecule has 2 rings (SSSR count). The zero-order valence-electron chi connectivity index (χ0n) is 7.72. The first-order valence-electron chi connectivity index (χ1n) is 4.42. The highest BCUT2D eigenvalue weighted by molar-refractivity contribution is 5.55. The Morgan fingerprint density at radius 3 is 2.79 bits per heavy atom. The van der Waals surface area contributed by atoms with Gasteiger partial charge in [-0.2, -0.15) is 0 Å². The van der Waals surface area contributed by atoms with Crippen LogP contribution in [0.4, 0.5) is 0 Å². The molecule has 2 nitrogen and oxygen atoms in total. The number of hydrogen-bond acceptors (Lipinski definition) is 1. The van der Waals surface area contributed by atoms with Gasteiger partial charge in [-0.1, -0.05) is 36.3 Å². The smallest absolute Gasteiger partial charge is 0.140 e. The van der Waals surface area contributed by atoms with Gasteiger partial charge in [0.25, 0.3) is 0 Å². The van der Waals surface area contributed by atoms with E-state index in [2.05, 4.69) is 10.9 Å². The fraction of sp³-hybridized carbons (Fsp3) is 0.0833. The van der Waals surface area contributed by atoms with Crippen LogP contribution in [0.5, 0.6) is 0 Å². The molecular formula is C12H10N2. The van der Waals surface area contributed by atoms with Crippen molar-refractivity contribution in [2.24, 2.45) is 0 Å². The Labute approximate surface area is 83.2 Å². The molecule has 0 spiro atoms. The van der Waals surface area contributed by atoms with E-state index in [0.29, 0.717) is 6.54 Å². The average Bonchev–Trinajstić information content (AvgIpc) is 2.68. The monoisotopic (exact) mass is 182 g/mol. The van der Waals surface area contributed by atoms with Gasteiger partial charge in [0.05, 0.1) is 6.54 Å². The Hall–Kier alpha value is -2.01. The minimum atomic E-state index is 0.560. The van der Waals surface area contributed by atoms with Gasteiger partial charge in [-0.25, -0.2) is 4.98 Å². The maximum Gasteiger partial charge on any atom is 0.140 e. The summed E-state index contributed by atoms with van der Waals surface area (Å²) in [6, 6.07) is 10.0. The average molecular weight is 182 g/mol. The van der Waals surface area contributed by atoms with Crippen LogP contribution < -0.4 is 0 Å². The summed E-state index contributed by atoms with van der Waals surface area (Å²) in [6.45, 7) is 0.560. The number of aromatic nitrogens is 2. The lowest BCUT2D eigenvalue weighted by Gasteiger charge is -2.02. The van der Waals surface area contributed by atoms with Crippen LogP contribution in [0, 0.1) is 12.3 Å². The Morgan fingerprint density at radius 1 is 1.29 bits per heavy atom. The fourth-order valence-electron chi connectivity index (χ4n) is 1.38. The molecule has 1 aromatic heterocycles. The van der Waals surface area contributed by atoms with E-state index in [0.717, 1.165) is 11.4 Å². The van der Waals surface area contributed by atoms with Crippen LogP contribution in [-0.2, 0) is 6.54 Å². The molecule has 0 saturated heterocycles. The molecule has 0 N–H and O–H groups in total. The van der Waals surface area contributed by atoms with Crippen molar-refractivity contribution in [2.75, 3.05) is 0 Å². The molecule has 0 radical (unpaired) electrons. The lowest BCUT2D eigenvalue weighted by molar-refractivity contribution is 0.851. The summed E-state index contributed by atoms with van der Waals surface area (Å²) in [6.07, 6.45) is 8.92. The predicted molar refractivity (Wildman–Crippen MR) is 56.5 cm³/mol. The van der Waals surface area contributed by atoms with E-state index in [1.54, 1.807) is 6.20 Å². The summed E-state index contributed by atoms with van der Waals surface area (Å²) in [5.74, 6) is 3.52. The summed E-state index contributed by atoms with van der Waals surface area (Å²) in [4.78, 5) is 4.27. The molecule has 2 aromatic rings. The highest BCUT2D eigenvalue weighted by Gasteiger charge is 2.02. The Balaban J connectivity index is 2.43. The zero-order chi connectivity index (χ0) is 9.80. The third-order valence-corrected chi connectivity index (χ3v) is 2.01. The van der Waals surface area contributed by atoms with Gasteiger partial charge >= 0.3 is 0 Å². The number of benzene rings is 1. The van der Waals surface area contributed by atoms with E-state index >= 15 is 0 Å². The molecule has 0 saturated carbocycles. The summed E-state index contributed by atoms with van der Waals surface area (Å²) < 4.78 is 1.95. The number of hydrogen-bond donors (Lipinski definition) is 0. The molecule has 68 valence electrons. The van der Waals surface area contributed by atoms with Crippen LogP contribution in [0.15, 0.2) is 42.7 Å². The summed E-state index contributed by atoms with van der Waals surface area (Å²) in [5.41, 5.74) is 1.09. The van der Waals surface area contributed by atoms with Crippen LogP contribution in [-0.4, -0.2) is 9.55 Å². The van der Waals surface area contributed by atoms with Crippen LogP contribution in [0.25, 0.3) is 11.4 Å². The van der Waals surface area contributed by atoms with E-state index < -0.39 is 0 Å². The Kier molecular flexibility index (Phi) is 2.33. The molecule has 1 heterocycles. The highest BCUT2D eigenvalue weighted by Crippen LogP contribution is 2.15. The molecule has 2 heteroatoms. The molecule has 0 unspecified atom stereocenters. The van der Waals surface area contributed by atoms with Crippen molar-refractivity contribution in [3.8, 4) is 23.7 Å². The summed E-state index contributed by atoms with van der Waals surface area (Å²) in [7, 11) is 0. The van der Waals surface area contributed by atoms with Gasteiger partial charge in [0.2, 0.25) is 0 Å². The normalized spacial score (nSPS) is 9.64. The van der Waals surface area contributed by atoms with Crippen LogP contribution >= 0.6 is 0 Å². The largest absolute Gasteiger partial charge is 0.319 e. The molecule has 14 heavy (non-hydrogen) atoms. The Bertz CT molecular complexity index is 449. The topological polar surface area (TPSA) is 17.8 Å². The molecule has 0 fully saturated rings. The Morgan fingerprint density at radius 2 is 2.07 bits per heavy atom. The fourth-order valence-corrected chi connectivity index (χ4v) is 1.38. The second-order valence-electron chi connectivity index (χ2n) is 2.95. The van der Waals surface area contributed by atoms with Crippen molar-refractivity contribution in [1.82, 2.24) is 9.55 Å². The van der Waals surface area contributed by atoms with E-state index in [1.165, 1.54) is 0 Å². The van der Waals surface area contributed by atoms with Crippen molar-refractivity contribution < 1.29 is 0 Å². The van der Waals surface area contributed by atoms with Crippen LogP contribution in [0.2, 0.25) is 0 Å². The lowest BCUT2D eigenvalue weighted by atomic mass is 10.2. The van der Waals surface area contributed by atoms with Crippen molar-refractivity contribution >= 4 is 0 Å². The quantitative estimate of drug-likeness (QED) is 0.651. The van der Waals surface area contributed by atoms with Crippen molar-refractivity contribution in [3.63, 3.8) is 0 Å². The minimum Gasteiger partial charge on any atom is -0.319 e. The molecule has 0 aliphatic rings. The van der Waals surface area contributed by atoms with Gasteiger partial charge in [-0.3, -0.25) is 0 Å². The third kappa shape index (κ3) is 1.53. The number of rotatable bonds is 2. The van der Waals surface area contributed by atoms with Gasteiger partial charge in [-0.05, 0) is 0 Å². The van der Waals surface area contributed by atoms with Gasteiger partial charge in [0, 0.05) is 18.0 Å².